The fraction of sp³-hybridized carbons (Fsp3) is 0.462. The van der Waals surface area contributed by atoms with Crippen LogP contribution in [0.5, 0.6) is 0 Å². The van der Waals surface area contributed by atoms with Crippen LogP contribution in [0.2, 0.25) is 0 Å². The van der Waals surface area contributed by atoms with Gasteiger partial charge in [-0.2, -0.15) is 0 Å². The molecule has 1 aliphatic heterocycles. The predicted octanol–water partition coefficient (Wildman–Crippen LogP) is 2.83. The van der Waals surface area contributed by atoms with Gasteiger partial charge in [0, 0.05) is 12.5 Å². The van der Waals surface area contributed by atoms with E-state index in [1.807, 2.05) is 0 Å². The Hall–Kier alpha value is -1.02. The van der Waals surface area contributed by atoms with Gasteiger partial charge >= 0.3 is 0 Å². The lowest BCUT2D eigenvalue weighted by Crippen LogP contribution is -2.24. The number of halogens is 1. The van der Waals surface area contributed by atoms with Crippen molar-refractivity contribution < 1.29 is 0 Å². The van der Waals surface area contributed by atoms with Crippen LogP contribution < -0.4 is 5.32 Å². The van der Waals surface area contributed by atoms with Crippen molar-refractivity contribution in [3.63, 3.8) is 0 Å². The maximum atomic E-state index is 4.49. The third-order valence-electron chi connectivity index (χ3n) is 3.22. The average molecular weight is 239 g/mol. The number of aryl methyl sites for hydroxylation is 1. The Bertz CT molecular complexity index is 399. The van der Waals surface area contributed by atoms with E-state index < -0.39 is 0 Å². The highest BCUT2D eigenvalue weighted by atomic mass is 35.5. The van der Waals surface area contributed by atoms with Gasteiger partial charge in [-0.1, -0.05) is 25.1 Å². The topological polar surface area (TPSA) is 24.4 Å². The van der Waals surface area contributed by atoms with Crippen LogP contribution in [0.3, 0.4) is 0 Å². The fourth-order valence-electron chi connectivity index (χ4n) is 2.10. The molecular weight excluding hydrogens is 220 g/mol. The number of amidine groups is 1. The van der Waals surface area contributed by atoms with E-state index in [1.54, 1.807) is 0 Å². The summed E-state index contributed by atoms with van der Waals surface area (Å²) in [6.07, 6.45) is 0. The monoisotopic (exact) mass is 238 g/mol. The van der Waals surface area contributed by atoms with Crippen molar-refractivity contribution >= 4 is 18.2 Å². The van der Waals surface area contributed by atoms with E-state index in [0.717, 1.165) is 18.9 Å². The minimum atomic E-state index is 0. The molecule has 0 saturated heterocycles. The molecule has 1 N–H and O–H groups in total. The van der Waals surface area contributed by atoms with E-state index in [1.165, 1.54) is 16.7 Å². The molecule has 1 aromatic rings. The zero-order valence-electron chi connectivity index (χ0n) is 10.1. The van der Waals surface area contributed by atoms with Crippen LogP contribution in [0.25, 0.3) is 0 Å². The molecule has 0 bridgehead atoms. The molecule has 1 atom stereocenters. The van der Waals surface area contributed by atoms with Crippen molar-refractivity contribution in [3.8, 4) is 0 Å². The zero-order valence-corrected chi connectivity index (χ0v) is 10.9. The molecule has 1 aliphatic rings. The summed E-state index contributed by atoms with van der Waals surface area (Å²) in [6, 6.07) is 6.49. The van der Waals surface area contributed by atoms with Gasteiger partial charge in [0.1, 0.15) is 5.84 Å². The van der Waals surface area contributed by atoms with Crippen molar-refractivity contribution in [1.29, 1.82) is 0 Å². The van der Waals surface area contributed by atoms with Gasteiger partial charge in [0.15, 0.2) is 0 Å². The first-order chi connectivity index (χ1) is 7.20. The molecule has 0 aromatic heterocycles. The van der Waals surface area contributed by atoms with E-state index >= 15 is 0 Å². The molecule has 0 radical (unpaired) electrons. The molecule has 1 heterocycles. The third kappa shape index (κ3) is 2.38. The Morgan fingerprint density at radius 1 is 1.31 bits per heavy atom. The van der Waals surface area contributed by atoms with Crippen LogP contribution in [0.4, 0.5) is 0 Å². The van der Waals surface area contributed by atoms with E-state index in [9.17, 15) is 0 Å². The number of hydrogen-bond acceptors (Lipinski definition) is 2. The van der Waals surface area contributed by atoms with Crippen molar-refractivity contribution in [2.75, 3.05) is 13.1 Å². The van der Waals surface area contributed by atoms with Crippen molar-refractivity contribution in [2.24, 2.45) is 4.99 Å². The van der Waals surface area contributed by atoms with Crippen molar-refractivity contribution in [3.05, 3.63) is 34.9 Å². The summed E-state index contributed by atoms with van der Waals surface area (Å²) < 4.78 is 0. The Balaban J connectivity index is 0.00000128. The lowest BCUT2D eigenvalue weighted by atomic mass is 9.93. The predicted molar refractivity (Wildman–Crippen MR) is 71.9 cm³/mol. The van der Waals surface area contributed by atoms with Crippen LogP contribution in [0.1, 0.15) is 29.5 Å². The van der Waals surface area contributed by atoms with E-state index in [-0.39, 0.29) is 12.4 Å². The SMILES string of the molecule is Cc1cccc(C(C)C2=NCCN2)c1C.Cl. The summed E-state index contributed by atoms with van der Waals surface area (Å²) in [4.78, 5) is 4.49. The van der Waals surface area contributed by atoms with Crippen LogP contribution in [-0.2, 0) is 0 Å². The number of hydrogen-bond donors (Lipinski definition) is 1. The molecule has 16 heavy (non-hydrogen) atoms. The molecule has 1 aromatic carbocycles. The van der Waals surface area contributed by atoms with Gasteiger partial charge in [-0.05, 0) is 30.5 Å². The van der Waals surface area contributed by atoms with Gasteiger partial charge in [-0.3, -0.25) is 4.99 Å². The van der Waals surface area contributed by atoms with E-state index in [0.29, 0.717) is 5.92 Å². The second-order valence-electron chi connectivity index (χ2n) is 4.20. The van der Waals surface area contributed by atoms with Crippen LogP contribution in [0, 0.1) is 13.8 Å². The quantitative estimate of drug-likeness (QED) is 0.842. The highest BCUT2D eigenvalue weighted by Crippen LogP contribution is 2.23. The molecule has 3 heteroatoms. The van der Waals surface area contributed by atoms with Crippen LogP contribution in [-0.4, -0.2) is 18.9 Å². The molecule has 0 spiro atoms. The van der Waals surface area contributed by atoms with Gasteiger partial charge in [-0.25, -0.2) is 0 Å². The molecular formula is C13H19ClN2. The first-order valence-electron chi connectivity index (χ1n) is 5.54. The van der Waals surface area contributed by atoms with Gasteiger partial charge in [-0.15, -0.1) is 12.4 Å². The first-order valence-corrected chi connectivity index (χ1v) is 5.54. The van der Waals surface area contributed by atoms with Crippen molar-refractivity contribution in [1.82, 2.24) is 5.32 Å². The van der Waals surface area contributed by atoms with E-state index in [2.05, 4.69) is 49.3 Å². The number of rotatable bonds is 2. The lowest BCUT2D eigenvalue weighted by Gasteiger charge is -2.16. The fourth-order valence-corrected chi connectivity index (χ4v) is 2.10. The second kappa shape index (κ2) is 5.35. The Labute approximate surface area is 104 Å². The summed E-state index contributed by atoms with van der Waals surface area (Å²) in [6.45, 7) is 8.49. The Morgan fingerprint density at radius 2 is 2.06 bits per heavy atom. The molecule has 0 fully saturated rings. The molecule has 0 amide bonds. The summed E-state index contributed by atoms with van der Waals surface area (Å²) >= 11 is 0. The minimum absolute atomic E-state index is 0. The van der Waals surface area contributed by atoms with Crippen LogP contribution in [0.15, 0.2) is 23.2 Å². The second-order valence-corrected chi connectivity index (χ2v) is 4.20. The molecule has 88 valence electrons. The maximum absolute atomic E-state index is 4.49. The highest BCUT2D eigenvalue weighted by molar-refractivity contribution is 5.90. The van der Waals surface area contributed by atoms with E-state index in [4.69, 9.17) is 0 Å². The Morgan fingerprint density at radius 3 is 2.69 bits per heavy atom. The lowest BCUT2D eigenvalue weighted by molar-refractivity contribution is 0.912. The van der Waals surface area contributed by atoms with Gasteiger partial charge < -0.3 is 5.32 Å². The smallest absolute Gasteiger partial charge is 0.104 e. The largest absolute Gasteiger partial charge is 0.371 e. The van der Waals surface area contributed by atoms with Gasteiger partial charge in [0.2, 0.25) is 0 Å². The summed E-state index contributed by atoms with van der Waals surface area (Å²) in [5, 5.41) is 3.35. The third-order valence-corrected chi connectivity index (χ3v) is 3.22. The van der Waals surface area contributed by atoms with Crippen LogP contribution >= 0.6 is 12.4 Å². The molecule has 1 unspecified atom stereocenters. The highest BCUT2D eigenvalue weighted by Gasteiger charge is 2.17. The molecule has 0 aliphatic carbocycles. The zero-order chi connectivity index (χ0) is 10.8. The maximum Gasteiger partial charge on any atom is 0.104 e. The normalized spacial score (nSPS) is 16.1. The molecule has 2 nitrogen and oxygen atoms in total. The average Bonchev–Trinajstić information content (AvgIpc) is 2.74. The van der Waals surface area contributed by atoms with Crippen molar-refractivity contribution in [2.45, 2.75) is 26.7 Å². The summed E-state index contributed by atoms with van der Waals surface area (Å²) in [7, 11) is 0. The molecule has 2 rings (SSSR count). The van der Waals surface area contributed by atoms with Gasteiger partial charge in [0.05, 0.1) is 6.54 Å². The first kappa shape index (κ1) is 13.0. The summed E-state index contributed by atoms with van der Waals surface area (Å²) in [5.74, 6) is 1.54. The minimum Gasteiger partial charge on any atom is -0.371 e. The summed E-state index contributed by atoms with van der Waals surface area (Å²) in [5.41, 5.74) is 4.14. The number of nitrogens with one attached hydrogen (secondary N) is 1. The Kier molecular flexibility index (Phi) is 4.36. The standard InChI is InChI=1S/C13H18N2.ClH/c1-9-5-4-6-12(10(9)2)11(3)13-14-7-8-15-13;/h4-6,11H,7-8H2,1-3H3,(H,14,15);1H. The number of aliphatic imine (C=N–C) groups is 1. The van der Waals surface area contributed by atoms with Gasteiger partial charge in [0.25, 0.3) is 0 Å². The number of benzene rings is 1. The number of nitrogens with zero attached hydrogens (tertiary/aromatic N) is 1. The molecule has 0 saturated carbocycles.